The lowest BCUT2D eigenvalue weighted by atomic mass is 10.1. The summed E-state index contributed by atoms with van der Waals surface area (Å²) in [6.45, 7) is 4.39. The van der Waals surface area contributed by atoms with Crippen LogP contribution >= 0.6 is 39.7 Å². The average molecular weight is 364 g/mol. The normalized spacial score (nSPS) is 10.6. The number of carbonyl (C=O) groups is 1. The lowest BCUT2D eigenvalue weighted by Crippen LogP contribution is -2.39. The molecule has 1 rings (SSSR count). The van der Waals surface area contributed by atoms with Crippen molar-refractivity contribution in [3.8, 4) is 0 Å². The van der Waals surface area contributed by atoms with Crippen LogP contribution in [0.4, 0.5) is 0 Å². The zero-order chi connectivity index (χ0) is 14.6. The van der Waals surface area contributed by atoms with Crippen LogP contribution in [0.15, 0.2) is 22.7 Å². The number of benzene rings is 1. The number of hydrogen-bond acceptors (Lipinski definition) is 2. The third-order valence-corrected chi connectivity index (χ3v) is 4.17. The van der Waals surface area contributed by atoms with E-state index < -0.39 is 0 Å². The second-order valence-electron chi connectivity index (χ2n) is 4.41. The summed E-state index contributed by atoms with van der Waals surface area (Å²) in [7, 11) is 0. The Morgan fingerprint density at radius 2 is 2.16 bits per heavy atom. The number of carbonyl (C=O) groups excluding carboxylic acids is 1. The van der Waals surface area contributed by atoms with E-state index in [1.165, 1.54) is 0 Å². The van der Waals surface area contributed by atoms with Crippen LogP contribution in [0.5, 0.6) is 0 Å². The van der Waals surface area contributed by atoms with Gasteiger partial charge in [0.15, 0.2) is 0 Å². The maximum absolute atomic E-state index is 12.5. The van der Waals surface area contributed by atoms with Crippen molar-refractivity contribution in [2.45, 2.75) is 26.3 Å². The predicted molar refractivity (Wildman–Crippen MR) is 86.7 cm³/mol. The number of amides is 1. The monoisotopic (exact) mass is 362 g/mol. The Hall–Kier alpha value is -0.650. The van der Waals surface area contributed by atoms with Crippen molar-refractivity contribution in [1.82, 2.24) is 4.90 Å². The van der Waals surface area contributed by atoms with Gasteiger partial charge in [0.1, 0.15) is 0 Å². The molecule has 1 aromatic carbocycles. The molecular formula is C13H16BrClN2OS. The summed E-state index contributed by atoms with van der Waals surface area (Å²) < 4.78 is 0.707. The Labute approximate surface area is 132 Å². The van der Waals surface area contributed by atoms with Crippen LogP contribution in [0.1, 0.15) is 30.6 Å². The molecule has 2 N–H and O–H groups in total. The lowest BCUT2D eigenvalue weighted by molar-refractivity contribution is 0.0712. The molecule has 3 nitrogen and oxygen atoms in total. The fraction of sp³-hybridized carbons (Fsp3) is 0.385. The molecule has 0 fully saturated rings. The molecule has 1 aromatic rings. The second kappa shape index (κ2) is 7.22. The van der Waals surface area contributed by atoms with E-state index in [-0.39, 0.29) is 11.9 Å². The maximum atomic E-state index is 12.5. The van der Waals surface area contributed by atoms with Crippen LogP contribution in [0, 0.1) is 0 Å². The van der Waals surface area contributed by atoms with Crippen LogP contribution in [0.3, 0.4) is 0 Å². The Kier molecular flexibility index (Phi) is 6.23. The minimum absolute atomic E-state index is 0.0527. The molecule has 0 aromatic heterocycles. The molecule has 0 atom stereocenters. The van der Waals surface area contributed by atoms with Gasteiger partial charge in [-0.3, -0.25) is 4.79 Å². The molecule has 6 heteroatoms. The van der Waals surface area contributed by atoms with Gasteiger partial charge in [0.25, 0.3) is 5.91 Å². The fourth-order valence-corrected chi connectivity index (χ4v) is 2.31. The molecule has 0 bridgehead atoms. The molecule has 0 unspecified atom stereocenters. The molecule has 0 saturated carbocycles. The highest BCUT2D eigenvalue weighted by molar-refractivity contribution is 9.10. The molecular weight excluding hydrogens is 348 g/mol. The van der Waals surface area contributed by atoms with E-state index in [0.717, 1.165) is 0 Å². The van der Waals surface area contributed by atoms with Gasteiger partial charge in [0.2, 0.25) is 0 Å². The summed E-state index contributed by atoms with van der Waals surface area (Å²) in [6, 6.07) is 5.35. The van der Waals surface area contributed by atoms with Gasteiger partial charge in [-0.1, -0.05) is 29.9 Å². The second-order valence-corrected chi connectivity index (χ2v) is 6.17. The van der Waals surface area contributed by atoms with Gasteiger partial charge in [-0.15, -0.1) is 0 Å². The van der Waals surface area contributed by atoms with Crippen molar-refractivity contribution in [1.29, 1.82) is 0 Å². The highest BCUT2D eigenvalue weighted by Gasteiger charge is 2.21. The third kappa shape index (κ3) is 4.44. The molecule has 0 aliphatic carbocycles. The van der Waals surface area contributed by atoms with E-state index in [9.17, 15) is 4.79 Å². The number of hydrogen-bond donors (Lipinski definition) is 1. The maximum Gasteiger partial charge on any atom is 0.255 e. The molecule has 0 radical (unpaired) electrons. The van der Waals surface area contributed by atoms with Gasteiger partial charge >= 0.3 is 0 Å². The van der Waals surface area contributed by atoms with Crippen LogP contribution in [-0.2, 0) is 0 Å². The van der Waals surface area contributed by atoms with E-state index >= 15 is 0 Å². The summed E-state index contributed by atoms with van der Waals surface area (Å²) in [6.07, 6.45) is 0.505. The van der Waals surface area contributed by atoms with Crippen molar-refractivity contribution >= 4 is 50.6 Å². The zero-order valence-corrected chi connectivity index (χ0v) is 14.0. The van der Waals surface area contributed by atoms with Crippen molar-refractivity contribution in [2.24, 2.45) is 5.73 Å². The molecule has 0 heterocycles. The standard InChI is InChI=1S/C13H16BrClN2OS/c1-8(2)17(7-6-11(16)19)13(18)9-4-3-5-10(14)12(9)15/h3-5,8H,6-7H2,1-2H3,(H2,16,19). The SMILES string of the molecule is CC(C)N(CCC(N)=S)C(=O)c1cccc(Br)c1Cl. The van der Waals surface area contributed by atoms with Gasteiger partial charge in [-0.05, 0) is 41.9 Å². The van der Waals surface area contributed by atoms with Gasteiger partial charge in [0, 0.05) is 23.5 Å². The summed E-state index contributed by atoms with van der Waals surface area (Å²) in [5, 5.41) is 0.425. The molecule has 0 aliphatic rings. The third-order valence-electron chi connectivity index (χ3n) is 2.67. The van der Waals surface area contributed by atoms with Gasteiger partial charge in [-0.25, -0.2) is 0 Å². The lowest BCUT2D eigenvalue weighted by Gasteiger charge is -2.27. The summed E-state index contributed by atoms with van der Waals surface area (Å²) in [5.74, 6) is -0.113. The summed E-state index contributed by atoms with van der Waals surface area (Å²) >= 11 is 14.3. The molecule has 104 valence electrons. The first-order chi connectivity index (χ1) is 8.84. The number of nitrogens with two attached hydrogens (primary N) is 1. The largest absolute Gasteiger partial charge is 0.393 e. The van der Waals surface area contributed by atoms with Crippen LogP contribution < -0.4 is 5.73 Å². The van der Waals surface area contributed by atoms with E-state index in [2.05, 4.69) is 15.9 Å². The van der Waals surface area contributed by atoms with Crippen LogP contribution in [0.25, 0.3) is 0 Å². The quantitative estimate of drug-likeness (QED) is 0.813. The first-order valence-electron chi connectivity index (χ1n) is 5.88. The summed E-state index contributed by atoms with van der Waals surface area (Å²) in [4.78, 5) is 14.6. The van der Waals surface area contributed by atoms with E-state index in [0.29, 0.717) is 33.0 Å². The molecule has 0 saturated heterocycles. The number of halogens is 2. The molecule has 0 spiro atoms. The van der Waals surface area contributed by atoms with Gasteiger partial charge in [0.05, 0.1) is 15.6 Å². The van der Waals surface area contributed by atoms with Crippen LogP contribution in [-0.4, -0.2) is 28.4 Å². The zero-order valence-electron chi connectivity index (χ0n) is 10.8. The first-order valence-corrected chi connectivity index (χ1v) is 7.45. The first kappa shape index (κ1) is 16.4. The average Bonchev–Trinajstić information content (AvgIpc) is 2.31. The van der Waals surface area contributed by atoms with Crippen molar-refractivity contribution in [3.05, 3.63) is 33.3 Å². The fourth-order valence-electron chi connectivity index (χ4n) is 1.65. The van der Waals surface area contributed by atoms with Gasteiger partial charge < -0.3 is 10.6 Å². The van der Waals surface area contributed by atoms with Crippen molar-refractivity contribution in [3.63, 3.8) is 0 Å². The summed E-state index contributed by atoms with van der Waals surface area (Å²) in [5.41, 5.74) is 5.97. The molecule has 19 heavy (non-hydrogen) atoms. The Morgan fingerprint density at radius 1 is 1.53 bits per heavy atom. The van der Waals surface area contributed by atoms with Crippen LogP contribution in [0.2, 0.25) is 5.02 Å². The highest BCUT2D eigenvalue weighted by atomic mass is 79.9. The topological polar surface area (TPSA) is 46.3 Å². The highest BCUT2D eigenvalue weighted by Crippen LogP contribution is 2.27. The van der Waals surface area contributed by atoms with Crippen molar-refractivity contribution in [2.75, 3.05) is 6.54 Å². The predicted octanol–water partition coefficient (Wildman–Crippen LogP) is 3.63. The number of thiocarbonyl (C=S) groups is 1. The van der Waals surface area contributed by atoms with Gasteiger partial charge in [-0.2, -0.15) is 0 Å². The molecule has 1 amide bonds. The Balaban J connectivity index is 2.99. The number of nitrogens with zero attached hydrogens (tertiary/aromatic N) is 1. The van der Waals surface area contributed by atoms with Crippen molar-refractivity contribution < 1.29 is 4.79 Å². The van der Waals surface area contributed by atoms with E-state index in [1.807, 2.05) is 13.8 Å². The molecule has 0 aliphatic heterocycles. The number of rotatable bonds is 5. The Morgan fingerprint density at radius 3 is 2.68 bits per heavy atom. The minimum Gasteiger partial charge on any atom is -0.393 e. The smallest absolute Gasteiger partial charge is 0.255 e. The van der Waals surface area contributed by atoms with E-state index in [1.54, 1.807) is 23.1 Å². The minimum atomic E-state index is -0.113. The Bertz CT molecular complexity index is 494. The van der Waals surface area contributed by atoms with E-state index in [4.69, 9.17) is 29.6 Å².